The van der Waals surface area contributed by atoms with Crippen LogP contribution in [0.25, 0.3) is 0 Å². The van der Waals surface area contributed by atoms with Gasteiger partial charge in [-0.15, -0.1) is 0 Å². The van der Waals surface area contributed by atoms with Crippen molar-refractivity contribution in [3.05, 3.63) is 174 Å². The van der Waals surface area contributed by atoms with Crippen molar-refractivity contribution in [1.29, 1.82) is 0 Å². The Morgan fingerprint density at radius 1 is 0.389 bits per heavy atom. The second kappa shape index (κ2) is 9.04. The van der Waals surface area contributed by atoms with Crippen LogP contribution in [-0.4, -0.2) is 0 Å². The largest absolute Gasteiger partial charge is 0.363 e. The van der Waals surface area contributed by atoms with Gasteiger partial charge in [0.2, 0.25) is 0 Å². The predicted octanol–water partition coefficient (Wildman–Crippen LogP) is 7.44. The average molecular weight is 489 g/mol. The zero-order chi connectivity index (χ0) is 24.5. The molecule has 0 bridgehead atoms. The molecular formula is C32H25O3P. The van der Waals surface area contributed by atoms with Crippen LogP contribution < -0.4 is 5.30 Å². The van der Waals surface area contributed by atoms with Gasteiger partial charge in [-0.05, 0) is 34.4 Å². The highest BCUT2D eigenvalue weighted by Gasteiger charge is 2.69. The molecule has 1 heterocycles. The zero-order valence-corrected chi connectivity index (χ0v) is 20.5. The van der Waals surface area contributed by atoms with Gasteiger partial charge >= 0.3 is 7.60 Å². The van der Waals surface area contributed by atoms with Crippen molar-refractivity contribution in [2.75, 3.05) is 0 Å². The van der Waals surface area contributed by atoms with Crippen LogP contribution in [0, 0.1) is 0 Å². The lowest BCUT2D eigenvalue weighted by atomic mass is 9.66. The molecule has 3 nitrogen and oxygen atoms in total. The fourth-order valence-corrected chi connectivity index (χ4v) is 7.46. The van der Waals surface area contributed by atoms with Crippen molar-refractivity contribution in [3.8, 4) is 0 Å². The first-order valence-corrected chi connectivity index (χ1v) is 13.5. The van der Waals surface area contributed by atoms with Crippen molar-refractivity contribution >= 4 is 12.9 Å². The summed E-state index contributed by atoms with van der Waals surface area (Å²) in [6.45, 7) is 0. The molecule has 0 N–H and O–H groups in total. The second-order valence-corrected chi connectivity index (χ2v) is 10.7. The summed E-state index contributed by atoms with van der Waals surface area (Å²) in [4.78, 5) is 0. The van der Waals surface area contributed by atoms with Gasteiger partial charge in [0.15, 0.2) is 11.2 Å². The normalized spacial score (nSPS) is 17.4. The minimum Gasteiger partial charge on any atom is -0.285 e. The molecule has 0 aromatic heterocycles. The topological polar surface area (TPSA) is 35.5 Å². The Morgan fingerprint density at radius 3 is 0.917 bits per heavy atom. The Bertz CT molecular complexity index is 1310. The van der Waals surface area contributed by atoms with Crippen molar-refractivity contribution < 1.29 is 13.6 Å². The van der Waals surface area contributed by atoms with Crippen LogP contribution in [0.3, 0.4) is 0 Å². The first kappa shape index (κ1) is 22.7. The number of rotatable bonds is 5. The van der Waals surface area contributed by atoms with E-state index in [4.69, 9.17) is 9.05 Å². The molecule has 0 amide bonds. The summed E-state index contributed by atoms with van der Waals surface area (Å²) in [5, 5.41) is 0.523. The van der Waals surface area contributed by atoms with E-state index in [1.807, 2.05) is 152 Å². The fraction of sp³-hybridized carbons (Fsp3) is 0.0625. The molecule has 1 fully saturated rings. The lowest BCUT2D eigenvalue weighted by Gasteiger charge is -2.43. The Labute approximate surface area is 211 Å². The van der Waals surface area contributed by atoms with Crippen LogP contribution in [0.15, 0.2) is 152 Å². The highest BCUT2D eigenvalue weighted by Crippen LogP contribution is 2.73. The number of hydrogen-bond donors (Lipinski definition) is 0. The van der Waals surface area contributed by atoms with Crippen LogP contribution >= 0.6 is 7.60 Å². The van der Waals surface area contributed by atoms with E-state index in [0.29, 0.717) is 5.30 Å². The summed E-state index contributed by atoms with van der Waals surface area (Å²) in [6.07, 6.45) is 0. The van der Waals surface area contributed by atoms with E-state index < -0.39 is 18.8 Å². The number of benzene rings is 5. The molecule has 1 aliphatic rings. The highest BCUT2D eigenvalue weighted by molar-refractivity contribution is 7.62. The van der Waals surface area contributed by atoms with Crippen LogP contribution in [0.2, 0.25) is 0 Å². The van der Waals surface area contributed by atoms with E-state index in [2.05, 4.69) is 0 Å². The van der Waals surface area contributed by atoms with Gasteiger partial charge in [0, 0.05) is 0 Å². The summed E-state index contributed by atoms with van der Waals surface area (Å²) in [6, 6.07) is 49.2. The molecule has 0 aliphatic carbocycles. The van der Waals surface area contributed by atoms with E-state index in [0.717, 1.165) is 22.3 Å². The Balaban J connectivity index is 1.79. The summed E-state index contributed by atoms with van der Waals surface area (Å²) >= 11 is 0. The van der Waals surface area contributed by atoms with Crippen LogP contribution in [-0.2, 0) is 24.8 Å². The first-order chi connectivity index (χ1) is 17.7. The molecule has 1 saturated heterocycles. The third-order valence-corrected chi connectivity index (χ3v) is 8.76. The Morgan fingerprint density at radius 2 is 0.639 bits per heavy atom. The monoisotopic (exact) mass is 488 g/mol. The SMILES string of the molecule is O=P1(c2ccccc2)OC(c2ccccc2)(c2ccccc2)C(c2ccccc2)(c2ccccc2)O1. The third kappa shape index (κ3) is 3.40. The molecule has 0 unspecified atom stereocenters. The average Bonchev–Trinajstić information content (AvgIpc) is 3.28. The summed E-state index contributed by atoms with van der Waals surface area (Å²) in [5.41, 5.74) is 0.943. The van der Waals surface area contributed by atoms with Gasteiger partial charge in [-0.2, -0.15) is 0 Å². The molecule has 0 atom stereocenters. The molecule has 5 aromatic rings. The maximum absolute atomic E-state index is 14.9. The van der Waals surface area contributed by atoms with Gasteiger partial charge in [0.1, 0.15) is 0 Å². The smallest absolute Gasteiger partial charge is 0.285 e. The minimum atomic E-state index is -3.83. The first-order valence-electron chi connectivity index (χ1n) is 12.0. The quantitative estimate of drug-likeness (QED) is 0.241. The van der Waals surface area contributed by atoms with Gasteiger partial charge in [0.05, 0.1) is 5.30 Å². The minimum absolute atomic E-state index is 0.523. The molecule has 1 aliphatic heterocycles. The molecule has 0 spiro atoms. The molecular weight excluding hydrogens is 463 g/mol. The van der Waals surface area contributed by atoms with Gasteiger partial charge < -0.3 is 0 Å². The molecule has 0 saturated carbocycles. The van der Waals surface area contributed by atoms with Crippen LogP contribution in [0.1, 0.15) is 22.3 Å². The summed E-state index contributed by atoms with van der Waals surface area (Å²) in [7, 11) is -3.83. The summed E-state index contributed by atoms with van der Waals surface area (Å²) < 4.78 is 28.8. The Hall–Kier alpha value is -3.75. The standard InChI is InChI=1S/C32H25O3P/c33-36(30-24-14-5-15-25-30)34-31(26-16-6-1-7-17-26,27-18-8-2-9-19-27)32(35-36,28-20-10-3-11-21-28)29-22-12-4-13-23-29/h1-25H. The maximum Gasteiger partial charge on any atom is 0.363 e. The van der Waals surface area contributed by atoms with Crippen LogP contribution in [0.5, 0.6) is 0 Å². The van der Waals surface area contributed by atoms with Crippen LogP contribution in [0.4, 0.5) is 0 Å². The number of hydrogen-bond acceptors (Lipinski definition) is 3. The van der Waals surface area contributed by atoms with Gasteiger partial charge in [-0.25, -0.2) is 0 Å². The molecule has 6 rings (SSSR count). The Kier molecular flexibility index (Phi) is 5.70. The summed E-state index contributed by atoms with van der Waals surface area (Å²) in [5.74, 6) is 0. The highest BCUT2D eigenvalue weighted by atomic mass is 31.2. The van der Waals surface area contributed by atoms with E-state index in [1.165, 1.54) is 0 Å². The van der Waals surface area contributed by atoms with E-state index >= 15 is 0 Å². The molecule has 5 aromatic carbocycles. The molecule has 0 radical (unpaired) electrons. The van der Waals surface area contributed by atoms with E-state index in [1.54, 1.807) is 0 Å². The predicted molar refractivity (Wildman–Crippen MR) is 143 cm³/mol. The van der Waals surface area contributed by atoms with Crippen molar-refractivity contribution in [3.63, 3.8) is 0 Å². The van der Waals surface area contributed by atoms with Crippen molar-refractivity contribution in [2.24, 2.45) is 0 Å². The molecule has 4 heteroatoms. The van der Waals surface area contributed by atoms with Gasteiger partial charge in [0.25, 0.3) is 0 Å². The van der Waals surface area contributed by atoms with Gasteiger partial charge in [-0.3, -0.25) is 13.6 Å². The second-order valence-electron chi connectivity index (χ2n) is 8.84. The van der Waals surface area contributed by atoms with E-state index in [9.17, 15) is 4.57 Å². The zero-order valence-electron chi connectivity index (χ0n) is 19.6. The maximum atomic E-state index is 14.9. The third-order valence-electron chi connectivity index (χ3n) is 6.80. The van der Waals surface area contributed by atoms with Gasteiger partial charge in [-0.1, -0.05) is 140 Å². The molecule has 36 heavy (non-hydrogen) atoms. The van der Waals surface area contributed by atoms with Crippen molar-refractivity contribution in [1.82, 2.24) is 0 Å². The van der Waals surface area contributed by atoms with E-state index in [-0.39, 0.29) is 0 Å². The van der Waals surface area contributed by atoms with Crippen molar-refractivity contribution in [2.45, 2.75) is 11.2 Å². The fourth-order valence-electron chi connectivity index (χ4n) is 5.27. The lowest BCUT2D eigenvalue weighted by Crippen LogP contribution is -2.48. The molecule has 176 valence electrons. The lowest BCUT2D eigenvalue weighted by molar-refractivity contribution is 0.00370.